The number of ether oxygens (including phenoxy) is 1. The third-order valence-electron chi connectivity index (χ3n) is 5.31. The molecule has 1 N–H and O–H groups in total. The maximum atomic E-state index is 5.20. The second-order valence-electron chi connectivity index (χ2n) is 7.19. The molecule has 138 valence electrons. The molecule has 0 amide bonds. The topological polar surface area (TPSA) is 82.2 Å². The van der Waals surface area contributed by atoms with Gasteiger partial charge in [-0.15, -0.1) is 10.2 Å². The second-order valence-corrected chi connectivity index (χ2v) is 7.19. The minimum atomic E-state index is 0.428. The number of nitrogens with zero attached hydrogens (tertiary/aromatic N) is 6. The number of aromatic nitrogens is 6. The van der Waals surface area contributed by atoms with Crippen molar-refractivity contribution in [2.45, 2.75) is 18.9 Å². The molecule has 8 heteroatoms. The first-order valence-electron chi connectivity index (χ1n) is 9.11. The first-order chi connectivity index (χ1) is 13.2. The molecule has 1 aliphatic carbocycles. The van der Waals surface area contributed by atoms with E-state index in [-0.39, 0.29) is 0 Å². The van der Waals surface area contributed by atoms with Crippen molar-refractivity contribution in [3.8, 4) is 11.1 Å². The van der Waals surface area contributed by atoms with E-state index in [1.54, 1.807) is 11.8 Å². The summed E-state index contributed by atoms with van der Waals surface area (Å²) in [6.45, 7) is 0.829. The van der Waals surface area contributed by atoms with E-state index < -0.39 is 0 Å². The van der Waals surface area contributed by atoms with Crippen molar-refractivity contribution < 1.29 is 4.74 Å². The molecule has 0 radical (unpaired) electrons. The molecule has 0 atom stereocenters. The number of hydrogen-bond donors (Lipinski definition) is 1. The van der Waals surface area contributed by atoms with Gasteiger partial charge in [-0.1, -0.05) is 11.3 Å². The summed E-state index contributed by atoms with van der Waals surface area (Å²) in [4.78, 5) is 4.52. The molecule has 0 unspecified atom stereocenters. The molecule has 1 fully saturated rings. The fraction of sp³-hybridized carbons (Fsp3) is 0.368. The number of methoxy groups -OCH3 is 1. The Morgan fingerprint density at radius 1 is 1.22 bits per heavy atom. The van der Waals surface area contributed by atoms with Gasteiger partial charge in [0.05, 0.1) is 17.2 Å². The lowest BCUT2D eigenvalue weighted by molar-refractivity contribution is 0.104. The van der Waals surface area contributed by atoms with Crippen LogP contribution in [0.5, 0.6) is 0 Å². The predicted octanol–water partition coefficient (Wildman–Crippen LogP) is 2.51. The maximum absolute atomic E-state index is 5.20. The molecule has 0 aliphatic heterocycles. The standard InChI is InChI=1S/C19H21N7O/c1-25-17-9-13(3-4-16(17)22-24-25)15-5-6-26-18(15)10-20-19(23-26)21-14-7-12(8-14)11-27-2/h3-6,9-10,12,14H,7-8,11H2,1-2H3,(H,21,23). The Hall–Kier alpha value is -3.00. The van der Waals surface area contributed by atoms with E-state index in [1.165, 1.54) is 0 Å². The molecule has 0 bridgehead atoms. The lowest BCUT2D eigenvalue weighted by Crippen LogP contribution is -2.38. The Kier molecular flexibility index (Phi) is 3.78. The van der Waals surface area contributed by atoms with Crippen LogP contribution in [0.3, 0.4) is 0 Å². The minimum absolute atomic E-state index is 0.428. The summed E-state index contributed by atoms with van der Waals surface area (Å²) in [5.41, 5.74) is 5.05. The van der Waals surface area contributed by atoms with E-state index in [0.717, 1.165) is 47.1 Å². The molecule has 0 saturated heterocycles. The van der Waals surface area contributed by atoms with Crippen LogP contribution in [-0.2, 0) is 11.8 Å². The smallest absolute Gasteiger partial charge is 0.241 e. The van der Waals surface area contributed by atoms with Crippen molar-refractivity contribution in [2.24, 2.45) is 13.0 Å². The molecule has 1 aliphatic rings. The van der Waals surface area contributed by atoms with Crippen LogP contribution in [0, 0.1) is 5.92 Å². The average Bonchev–Trinajstić information content (AvgIpc) is 3.23. The summed E-state index contributed by atoms with van der Waals surface area (Å²) in [5, 5.41) is 16.2. The van der Waals surface area contributed by atoms with Crippen LogP contribution in [0.2, 0.25) is 0 Å². The maximum Gasteiger partial charge on any atom is 0.241 e. The Morgan fingerprint density at radius 3 is 2.96 bits per heavy atom. The summed E-state index contributed by atoms with van der Waals surface area (Å²) in [6, 6.07) is 8.64. The Labute approximate surface area is 156 Å². The Morgan fingerprint density at radius 2 is 2.11 bits per heavy atom. The predicted molar refractivity (Wildman–Crippen MR) is 103 cm³/mol. The molecule has 3 aromatic heterocycles. The average molecular weight is 363 g/mol. The number of hydrogen-bond acceptors (Lipinski definition) is 6. The SMILES string of the molecule is COCC1CC(Nc2ncc3c(-c4ccc5nnn(C)c5c4)ccn3n2)C1. The molecule has 3 heterocycles. The first kappa shape index (κ1) is 16.2. The van der Waals surface area contributed by atoms with Gasteiger partial charge in [0.15, 0.2) is 0 Å². The van der Waals surface area contributed by atoms with Crippen molar-refractivity contribution >= 4 is 22.5 Å². The van der Waals surface area contributed by atoms with Gasteiger partial charge in [-0.3, -0.25) is 0 Å². The van der Waals surface area contributed by atoms with E-state index in [0.29, 0.717) is 17.9 Å². The molecular weight excluding hydrogens is 342 g/mol. The molecule has 1 aromatic carbocycles. The van der Waals surface area contributed by atoms with Crippen molar-refractivity contribution in [2.75, 3.05) is 19.0 Å². The zero-order valence-electron chi connectivity index (χ0n) is 15.3. The van der Waals surface area contributed by atoms with Gasteiger partial charge in [-0.05, 0) is 42.5 Å². The quantitative estimate of drug-likeness (QED) is 0.587. The number of rotatable bonds is 5. The molecular formula is C19H21N7O. The Balaban J connectivity index is 1.41. The summed E-state index contributed by atoms with van der Waals surface area (Å²) >= 11 is 0. The van der Waals surface area contributed by atoms with E-state index >= 15 is 0 Å². The second kappa shape index (κ2) is 6.31. The number of anilines is 1. The van der Waals surface area contributed by atoms with E-state index in [9.17, 15) is 0 Å². The van der Waals surface area contributed by atoms with Crippen LogP contribution >= 0.6 is 0 Å². The van der Waals surface area contributed by atoms with Crippen LogP contribution in [-0.4, -0.2) is 49.4 Å². The number of benzene rings is 1. The van der Waals surface area contributed by atoms with Gasteiger partial charge < -0.3 is 10.1 Å². The molecule has 1 saturated carbocycles. The summed E-state index contributed by atoms with van der Waals surface area (Å²) in [5.74, 6) is 1.31. The highest BCUT2D eigenvalue weighted by Crippen LogP contribution is 2.30. The first-order valence-corrected chi connectivity index (χ1v) is 9.11. The van der Waals surface area contributed by atoms with Crippen LogP contribution in [0.15, 0.2) is 36.7 Å². The fourth-order valence-electron chi connectivity index (χ4n) is 3.82. The lowest BCUT2D eigenvalue weighted by Gasteiger charge is -2.35. The van der Waals surface area contributed by atoms with E-state index in [4.69, 9.17) is 4.74 Å². The van der Waals surface area contributed by atoms with Crippen molar-refractivity contribution in [3.63, 3.8) is 0 Å². The van der Waals surface area contributed by atoms with Crippen LogP contribution in [0.1, 0.15) is 12.8 Å². The highest BCUT2D eigenvalue weighted by molar-refractivity contribution is 5.87. The van der Waals surface area contributed by atoms with E-state index in [2.05, 4.69) is 43.9 Å². The van der Waals surface area contributed by atoms with Gasteiger partial charge in [-0.2, -0.15) is 0 Å². The van der Waals surface area contributed by atoms with Gasteiger partial charge in [-0.25, -0.2) is 14.2 Å². The molecule has 5 rings (SSSR count). The number of aryl methyl sites for hydroxylation is 1. The summed E-state index contributed by atoms with van der Waals surface area (Å²) < 4.78 is 8.86. The minimum Gasteiger partial charge on any atom is -0.384 e. The van der Waals surface area contributed by atoms with Gasteiger partial charge in [0, 0.05) is 38.6 Å². The zero-order valence-corrected chi connectivity index (χ0v) is 15.3. The highest BCUT2D eigenvalue weighted by atomic mass is 16.5. The van der Waals surface area contributed by atoms with Crippen LogP contribution < -0.4 is 5.32 Å². The summed E-state index contributed by atoms with van der Waals surface area (Å²) in [7, 11) is 3.65. The highest BCUT2D eigenvalue weighted by Gasteiger charge is 2.29. The number of fused-ring (bicyclic) bond motifs is 2. The van der Waals surface area contributed by atoms with Crippen molar-refractivity contribution in [3.05, 3.63) is 36.7 Å². The molecule has 27 heavy (non-hydrogen) atoms. The largest absolute Gasteiger partial charge is 0.384 e. The van der Waals surface area contributed by atoms with Crippen molar-refractivity contribution in [1.29, 1.82) is 0 Å². The van der Waals surface area contributed by atoms with Gasteiger partial charge >= 0.3 is 0 Å². The molecule has 8 nitrogen and oxygen atoms in total. The van der Waals surface area contributed by atoms with Gasteiger partial charge in [0.25, 0.3) is 0 Å². The van der Waals surface area contributed by atoms with Gasteiger partial charge in [0.1, 0.15) is 5.52 Å². The Bertz CT molecular complexity index is 1110. The summed E-state index contributed by atoms with van der Waals surface area (Å²) in [6.07, 6.45) is 6.05. The van der Waals surface area contributed by atoms with Crippen molar-refractivity contribution in [1.82, 2.24) is 29.6 Å². The lowest BCUT2D eigenvalue weighted by atomic mass is 9.81. The normalized spacial score (nSPS) is 19.5. The van der Waals surface area contributed by atoms with E-state index in [1.807, 2.05) is 30.0 Å². The monoisotopic (exact) mass is 363 g/mol. The molecule has 4 aromatic rings. The van der Waals surface area contributed by atoms with Crippen LogP contribution in [0.25, 0.3) is 27.7 Å². The fourth-order valence-corrected chi connectivity index (χ4v) is 3.82. The third-order valence-corrected chi connectivity index (χ3v) is 5.31. The third kappa shape index (κ3) is 2.82. The van der Waals surface area contributed by atoms with Gasteiger partial charge in [0.2, 0.25) is 5.95 Å². The molecule has 0 spiro atoms. The number of nitrogens with one attached hydrogen (secondary N) is 1. The zero-order chi connectivity index (χ0) is 18.4. The van der Waals surface area contributed by atoms with Crippen LogP contribution in [0.4, 0.5) is 5.95 Å².